The van der Waals surface area contributed by atoms with Crippen molar-refractivity contribution in [3.05, 3.63) is 35.5 Å². The molecule has 0 saturated carbocycles. The highest BCUT2D eigenvalue weighted by Gasteiger charge is 2.22. The smallest absolute Gasteiger partial charge is 0.150 e. The zero-order valence-corrected chi connectivity index (χ0v) is 12.0. The monoisotopic (exact) mass is 276 g/mol. The van der Waals surface area contributed by atoms with E-state index in [2.05, 4.69) is 15.2 Å². The van der Waals surface area contributed by atoms with Crippen LogP contribution in [0.4, 0.5) is 0 Å². The molecule has 1 aliphatic heterocycles. The van der Waals surface area contributed by atoms with Gasteiger partial charge in [0, 0.05) is 25.4 Å². The third-order valence-electron chi connectivity index (χ3n) is 3.43. The summed E-state index contributed by atoms with van der Waals surface area (Å²) in [7, 11) is 0. The highest BCUT2D eigenvalue weighted by atomic mass is 16.5. The van der Waals surface area contributed by atoms with Crippen molar-refractivity contribution in [3.63, 3.8) is 0 Å². The number of aromatic nitrogens is 3. The lowest BCUT2D eigenvalue weighted by molar-refractivity contribution is -0.0422. The molecule has 0 spiro atoms. The maximum absolute atomic E-state index is 5.82. The van der Waals surface area contributed by atoms with Crippen LogP contribution >= 0.6 is 0 Å². The summed E-state index contributed by atoms with van der Waals surface area (Å²) in [4.78, 5) is 2.34. The van der Waals surface area contributed by atoms with E-state index >= 15 is 0 Å². The standard InChI is InChI=1S/C14H20N4O2/c1-11-6-15-18(7-11)10-14-9-17(3-4-19-14)8-13-5-12(2)16-20-13/h5-7,14H,3-4,8-10H2,1-2H3/t14-/m0/s1. The molecule has 2 aromatic heterocycles. The molecule has 0 aromatic carbocycles. The Hall–Kier alpha value is -1.66. The molecule has 6 nitrogen and oxygen atoms in total. The molecule has 1 aliphatic rings. The quantitative estimate of drug-likeness (QED) is 0.844. The first-order valence-electron chi connectivity index (χ1n) is 6.94. The predicted molar refractivity (Wildman–Crippen MR) is 73.2 cm³/mol. The molecule has 0 N–H and O–H groups in total. The van der Waals surface area contributed by atoms with Gasteiger partial charge < -0.3 is 9.26 Å². The molecule has 0 aliphatic carbocycles. The molecule has 3 heterocycles. The van der Waals surface area contributed by atoms with Crippen LogP contribution in [-0.2, 0) is 17.8 Å². The molecule has 20 heavy (non-hydrogen) atoms. The zero-order valence-electron chi connectivity index (χ0n) is 12.0. The molecule has 1 fully saturated rings. The first-order chi connectivity index (χ1) is 9.69. The van der Waals surface area contributed by atoms with Gasteiger partial charge in [0.05, 0.1) is 37.7 Å². The molecule has 1 atom stereocenters. The third kappa shape index (κ3) is 3.26. The number of morpholine rings is 1. The van der Waals surface area contributed by atoms with Crippen molar-refractivity contribution in [2.45, 2.75) is 33.0 Å². The lowest BCUT2D eigenvalue weighted by Crippen LogP contribution is -2.43. The fourth-order valence-electron chi connectivity index (χ4n) is 2.52. The Kier molecular flexibility index (Phi) is 3.84. The highest BCUT2D eigenvalue weighted by Crippen LogP contribution is 2.12. The number of hydrogen-bond acceptors (Lipinski definition) is 5. The van der Waals surface area contributed by atoms with Crippen molar-refractivity contribution >= 4 is 0 Å². The molecule has 1 saturated heterocycles. The van der Waals surface area contributed by atoms with Crippen LogP contribution in [0.1, 0.15) is 17.0 Å². The van der Waals surface area contributed by atoms with Crippen molar-refractivity contribution in [1.82, 2.24) is 19.8 Å². The molecule has 108 valence electrons. The van der Waals surface area contributed by atoms with Crippen molar-refractivity contribution in [3.8, 4) is 0 Å². The van der Waals surface area contributed by atoms with Crippen molar-refractivity contribution in [2.75, 3.05) is 19.7 Å². The van der Waals surface area contributed by atoms with E-state index in [0.29, 0.717) is 0 Å². The van der Waals surface area contributed by atoms with Gasteiger partial charge in [-0.3, -0.25) is 9.58 Å². The fraction of sp³-hybridized carbons (Fsp3) is 0.571. The van der Waals surface area contributed by atoms with Crippen molar-refractivity contribution < 1.29 is 9.26 Å². The first-order valence-corrected chi connectivity index (χ1v) is 6.94. The Morgan fingerprint density at radius 2 is 2.30 bits per heavy atom. The summed E-state index contributed by atoms with van der Waals surface area (Å²) >= 11 is 0. The topological polar surface area (TPSA) is 56.3 Å². The van der Waals surface area contributed by atoms with Gasteiger partial charge in [-0.05, 0) is 19.4 Å². The molecule has 0 amide bonds. The maximum atomic E-state index is 5.82. The third-order valence-corrected chi connectivity index (χ3v) is 3.43. The van der Waals surface area contributed by atoms with Crippen LogP contribution in [-0.4, -0.2) is 45.6 Å². The van der Waals surface area contributed by atoms with E-state index in [1.807, 2.05) is 37.0 Å². The van der Waals surface area contributed by atoms with Gasteiger partial charge in [0.2, 0.25) is 0 Å². The molecule has 0 unspecified atom stereocenters. The molecule has 6 heteroatoms. The van der Waals surface area contributed by atoms with Gasteiger partial charge in [0.1, 0.15) is 0 Å². The van der Waals surface area contributed by atoms with Gasteiger partial charge in [-0.1, -0.05) is 5.16 Å². The Bertz CT molecular complexity index is 515. The minimum atomic E-state index is 0.173. The Balaban J connectivity index is 1.56. The van der Waals surface area contributed by atoms with E-state index in [1.165, 1.54) is 5.56 Å². The summed E-state index contributed by atoms with van der Waals surface area (Å²) in [5, 5.41) is 8.24. The summed E-state index contributed by atoms with van der Waals surface area (Å²) in [6.45, 7) is 8.13. The predicted octanol–water partition coefficient (Wildman–Crippen LogP) is 1.39. The second-order valence-corrected chi connectivity index (χ2v) is 5.40. The van der Waals surface area contributed by atoms with Crippen molar-refractivity contribution in [2.24, 2.45) is 0 Å². The van der Waals surface area contributed by atoms with Gasteiger partial charge in [-0.25, -0.2) is 0 Å². The minimum Gasteiger partial charge on any atom is -0.374 e. The van der Waals surface area contributed by atoms with E-state index < -0.39 is 0 Å². The lowest BCUT2D eigenvalue weighted by Gasteiger charge is -2.32. The highest BCUT2D eigenvalue weighted by molar-refractivity contribution is 5.03. The molecular formula is C14H20N4O2. The molecular weight excluding hydrogens is 256 g/mol. The van der Waals surface area contributed by atoms with E-state index in [1.54, 1.807) is 0 Å². The van der Waals surface area contributed by atoms with Crippen LogP contribution in [0.2, 0.25) is 0 Å². The van der Waals surface area contributed by atoms with Crippen LogP contribution in [0.15, 0.2) is 23.0 Å². The molecule has 0 bridgehead atoms. The summed E-state index contributed by atoms with van der Waals surface area (Å²) in [6.07, 6.45) is 4.09. The van der Waals surface area contributed by atoms with E-state index in [9.17, 15) is 0 Å². The number of nitrogens with zero attached hydrogens (tertiary/aromatic N) is 4. The van der Waals surface area contributed by atoms with Crippen LogP contribution in [0.25, 0.3) is 0 Å². The van der Waals surface area contributed by atoms with Gasteiger partial charge in [-0.15, -0.1) is 0 Å². The molecule has 3 rings (SSSR count). The van der Waals surface area contributed by atoms with Gasteiger partial charge in [0.25, 0.3) is 0 Å². The normalized spacial score (nSPS) is 20.4. The Morgan fingerprint density at radius 1 is 1.40 bits per heavy atom. The van der Waals surface area contributed by atoms with E-state index in [0.717, 1.165) is 44.2 Å². The Labute approximate surface area is 118 Å². The summed E-state index contributed by atoms with van der Waals surface area (Å²) in [6, 6.07) is 1.99. The number of hydrogen-bond donors (Lipinski definition) is 0. The molecule has 2 aromatic rings. The average molecular weight is 276 g/mol. The summed E-state index contributed by atoms with van der Waals surface area (Å²) < 4.78 is 13.0. The van der Waals surface area contributed by atoms with Crippen LogP contribution in [0.5, 0.6) is 0 Å². The number of aryl methyl sites for hydroxylation is 2. The van der Waals surface area contributed by atoms with Crippen molar-refractivity contribution in [1.29, 1.82) is 0 Å². The van der Waals surface area contributed by atoms with E-state index in [4.69, 9.17) is 9.26 Å². The average Bonchev–Trinajstić information content (AvgIpc) is 2.99. The van der Waals surface area contributed by atoms with E-state index in [-0.39, 0.29) is 6.10 Å². The van der Waals surface area contributed by atoms with Gasteiger partial charge in [0.15, 0.2) is 5.76 Å². The van der Waals surface area contributed by atoms with Gasteiger partial charge in [-0.2, -0.15) is 5.10 Å². The zero-order chi connectivity index (χ0) is 13.9. The summed E-state index contributed by atoms with van der Waals surface area (Å²) in [5.74, 6) is 0.915. The largest absolute Gasteiger partial charge is 0.374 e. The maximum Gasteiger partial charge on any atom is 0.150 e. The second kappa shape index (κ2) is 5.76. The molecule has 0 radical (unpaired) electrons. The SMILES string of the molecule is Cc1cnn(C[C@@H]2CN(Cc3cc(C)no3)CCO2)c1. The van der Waals surface area contributed by atoms with Crippen LogP contribution in [0, 0.1) is 13.8 Å². The minimum absolute atomic E-state index is 0.173. The number of ether oxygens (including phenoxy) is 1. The second-order valence-electron chi connectivity index (χ2n) is 5.40. The summed E-state index contributed by atoms with van der Waals surface area (Å²) in [5.41, 5.74) is 2.10. The van der Waals surface area contributed by atoms with Crippen LogP contribution < -0.4 is 0 Å². The first kappa shape index (κ1) is 13.3. The fourth-order valence-corrected chi connectivity index (χ4v) is 2.52. The van der Waals surface area contributed by atoms with Crippen LogP contribution in [0.3, 0.4) is 0 Å². The number of rotatable bonds is 4. The lowest BCUT2D eigenvalue weighted by atomic mass is 10.2. The van der Waals surface area contributed by atoms with Gasteiger partial charge >= 0.3 is 0 Å². The Morgan fingerprint density at radius 3 is 3.00 bits per heavy atom.